The van der Waals surface area contributed by atoms with E-state index in [1.54, 1.807) is 25.8 Å². The van der Waals surface area contributed by atoms with Crippen molar-refractivity contribution in [2.75, 3.05) is 25.5 Å². The van der Waals surface area contributed by atoms with Gasteiger partial charge < -0.3 is 15.3 Å². The second-order valence-corrected chi connectivity index (χ2v) is 5.95. The van der Waals surface area contributed by atoms with Gasteiger partial charge in [-0.25, -0.2) is 0 Å². The van der Waals surface area contributed by atoms with E-state index in [-0.39, 0.29) is 5.91 Å². The van der Waals surface area contributed by atoms with Gasteiger partial charge in [-0.15, -0.1) is 0 Å². The number of rotatable bonds is 6. The monoisotopic (exact) mass is 278 g/mol. The first kappa shape index (κ1) is 16.5. The summed E-state index contributed by atoms with van der Waals surface area (Å²) < 4.78 is 0. The zero-order valence-corrected chi connectivity index (χ0v) is 13.2. The number of nitrogens with zero attached hydrogens (tertiary/aromatic N) is 1. The molecule has 4 nitrogen and oxygen atoms in total. The summed E-state index contributed by atoms with van der Waals surface area (Å²) in [5, 5.41) is 13.1. The Morgan fingerprint density at radius 2 is 2.05 bits per heavy atom. The minimum Gasteiger partial charge on any atom is -0.389 e. The Morgan fingerprint density at radius 1 is 1.40 bits per heavy atom. The maximum atomic E-state index is 12.5. The van der Waals surface area contributed by atoms with Crippen molar-refractivity contribution < 1.29 is 9.90 Å². The standard InChI is InChI=1S/C16H26N2O2/c1-6-9-17-14-8-7-12(2)10-13(14)15(19)18(5)11-16(3,4)20/h7-8,10,17,20H,6,9,11H2,1-5H3. The van der Waals surface area contributed by atoms with Gasteiger partial charge in [0.25, 0.3) is 5.91 Å². The number of nitrogens with one attached hydrogen (secondary N) is 1. The summed E-state index contributed by atoms with van der Waals surface area (Å²) in [5.41, 5.74) is 1.66. The van der Waals surface area contributed by atoms with Gasteiger partial charge in [0.05, 0.1) is 11.2 Å². The zero-order valence-electron chi connectivity index (χ0n) is 13.2. The van der Waals surface area contributed by atoms with E-state index in [1.165, 1.54) is 0 Å². The van der Waals surface area contributed by atoms with Gasteiger partial charge in [-0.05, 0) is 39.3 Å². The number of amides is 1. The number of hydrogen-bond donors (Lipinski definition) is 2. The first-order valence-corrected chi connectivity index (χ1v) is 7.07. The van der Waals surface area contributed by atoms with Gasteiger partial charge in [-0.2, -0.15) is 0 Å². The highest BCUT2D eigenvalue weighted by atomic mass is 16.3. The molecule has 0 heterocycles. The van der Waals surface area contributed by atoms with Crippen molar-refractivity contribution in [2.24, 2.45) is 0 Å². The molecule has 0 atom stereocenters. The predicted molar refractivity (Wildman–Crippen MR) is 83.2 cm³/mol. The molecule has 1 rings (SSSR count). The van der Waals surface area contributed by atoms with Gasteiger partial charge >= 0.3 is 0 Å². The molecule has 0 unspecified atom stereocenters. The normalized spacial score (nSPS) is 11.3. The van der Waals surface area contributed by atoms with Crippen molar-refractivity contribution in [1.82, 2.24) is 4.90 Å². The van der Waals surface area contributed by atoms with E-state index in [1.807, 2.05) is 25.1 Å². The molecule has 0 saturated carbocycles. The van der Waals surface area contributed by atoms with E-state index in [0.29, 0.717) is 12.1 Å². The minimum absolute atomic E-state index is 0.0746. The van der Waals surface area contributed by atoms with Crippen molar-refractivity contribution in [2.45, 2.75) is 39.7 Å². The molecule has 2 N–H and O–H groups in total. The lowest BCUT2D eigenvalue weighted by molar-refractivity contribution is 0.0368. The van der Waals surface area contributed by atoms with Crippen LogP contribution in [0.1, 0.15) is 43.1 Å². The van der Waals surface area contributed by atoms with Gasteiger partial charge in [0, 0.05) is 25.8 Å². The lowest BCUT2D eigenvalue weighted by Crippen LogP contribution is -2.40. The maximum absolute atomic E-state index is 12.5. The van der Waals surface area contributed by atoms with Crippen molar-refractivity contribution in [3.63, 3.8) is 0 Å². The Morgan fingerprint density at radius 3 is 2.60 bits per heavy atom. The Kier molecular flexibility index (Phi) is 5.57. The molecule has 112 valence electrons. The van der Waals surface area contributed by atoms with Crippen molar-refractivity contribution in [1.29, 1.82) is 0 Å². The van der Waals surface area contributed by atoms with Crippen molar-refractivity contribution in [3.05, 3.63) is 29.3 Å². The second-order valence-electron chi connectivity index (χ2n) is 5.95. The molecule has 0 bridgehead atoms. The zero-order chi connectivity index (χ0) is 15.3. The van der Waals surface area contributed by atoms with Gasteiger partial charge in [0.15, 0.2) is 0 Å². The van der Waals surface area contributed by atoms with Crippen LogP contribution in [0.3, 0.4) is 0 Å². The smallest absolute Gasteiger partial charge is 0.255 e. The quantitative estimate of drug-likeness (QED) is 0.841. The molecule has 1 amide bonds. The van der Waals surface area contributed by atoms with E-state index in [2.05, 4.69) is 12.2 Å². The van der Waals surface area contributed by atoms with Crippen LogP contribution in [-0.4, -0.2) is 41.7 Å². The number of likely N-dealkylation sites (N-methyl/N-ethyl adjacent to an activating group) is 1. The molecular weight excluding hydrogens is 252 g/mol. The van der Waals surface area contributed by atoms with E-state index in [0.717, 1.165) is 24.2 Å². The summed E-state index contributed by atoms with van der Waals surface area (Å²) in [5.74, 6) is -0.0746. The third-order valence-corrected chi connectivity index (χ3v) is 2.94. The Hall–Kier alpha value is -1.55. The van der Waals surface area contributed by atoms with Crippen LogP contribution < -0.4 is 5.32 Å². The Balaban J connectivity index is 2.98. The SMILES string of the molecule is CCCNc1ccc(C)cc1C(=O)N(C)CC(C)(C)O. The third kappa shape index (κ3) is 4.85. The molecule has 0 aliphatic carbocycles. The first-order valence-electron chi connectivity index (χ1n) is 7.07. The lowest BCUT2D eigenvalue weighted by Gasteiger charge is -2.26. The minimum atomic E-state index is -0.898. The van der Waals surface area contributed by atoms with Crippen LogP contribution in [0.4, 0.5) is 5.69 Å². The number of benzene rings is 1. The van der Waals surface area contributed by atoms with Crippen molar-refractivity contribution in [3.8, 4) is 0 Å². The molecule has 0 fully saturated rings. The molecule has 0 aromatic heterocycles. The molecule has 4 heteroatoms. The van der Waals surface area contributed by atoms with Crippen molar-refractivity contribution >= 4 is 11.6 Å². The van der Waals surface area contributed by atoms with Crippen LogP contribution in [-0.2, 0) is 0 Å². The van der Waals surface area contributed by atoms with Gasteiger partial charge in [0.2, 0.25) is 0 Å². The number of hydrogen-bond acceptors (Lipinski definition) is 3. The topological polar surface area (TPSA) is 52.6 Å². The summed E-state index contributed by atoms with van der Waals surface area (Å²) in [6.45, 7) is 8.58. The highest BCUT2D eigenvalue weighted by Crippen LogP contribution is 2.20. The molecule has 0 spiro atoms. The van der Waals surface area contributed by atoms with Crippen LogP contribution >= 0.6 is 0 Å². The molecule has 1 aromatic carbocycles. The van der Waals surface area contributed by atoms with E-state index in [4.69, 9.17) is 0 Å². The predicted octanol–water partition coefficient (Wildman–Crippen LogP) is 2.66. The molecule has 0 saturated heterocycles. The average Bonchev–Trinajstić information content (AvgIpc) is 2.34. The van der Waals surface area contributed by atoms with Crippen LogP contribution in [0, 0.1) is 6.92 Å². The summed E-state index contributed by atoms with van der Waals surface area (Å²) >= 11 is 0. The van der Waals surface area contributed by atoms with Crippen LogP contribution in [0.15, 0.2) is 18.2 Å². The molecule has 0 aliphatic rings. The van der Waals surface area contributed by atoms with Crippen LogP contribution in [0.5, 0.6) is 0 Å². The maximum Gasteiger partial charge on any atom is 0.255 e. The fraction of sp³-hybridized carbons (Fsp3) is 0.562. The molecule has 0 aliphatic heterocycles. The highest BCUT2D eigenvalue weighted by molar-refractivity contribution is 5.99. The molecule has 20 heavy (non-hydrogen) atoms. The molecule has 1 aromatic rings. The third-order valence-electron chi connectivity index (χ3n) is 2.94. The number of carbonyl (C=O) groups excluding carboxylic acids is 1. The summed E-state index contributed by atoms with van der Waals surface area (Å²) in [6.07, 6.45) is 1.00. The first-order chi connectivity index (χ1) is 9.24. The van der Waals surface area contributed by atoms with E-state index >= 15 is 0 Å². The molecule has 0 radical (unpaired) electrons. The summed E-state index contributed by atoms with van der Waals surface area (Å²) in [6, 6.07) is 5.82. The largest absolute Gasteiger partial charge is 0.389 e. The lowest BCUT2D eigenvalue weighted by atomic mass is 10.1. The number of aliphatic hydroxyl groups is 1. The summed E-state index contributed by atoms with van der Waals surface area (Å²) in [4.78, 5) is 14.1. The van der Waals surface area contributed by atoms with Gasteiger partial charge in [-0.1, -0.05) is 18.6 Å². The van der Waals surface area contributed by atoms with E-state index in [9.17, 15) is 9.90 Å². The number of aryl methyl sites for hydroxylation is 1. The number of anilines is 1. The fourth-order valence-electron chi connectivity index (χ4n) is 2.11. The Bertz CT molecular complexity index is 464. The number of carbonyl (C=O) groups is 1. The van der Waals surface area contributed by atoms with Gasteiger partial charge in [0.1, 0.15) is 0 Å². The van der Waals surface area contributed by atoms with Crippen LogP contribution in [0.2, 0.25) is 0 Å². The second kappa shape index (κ2) is 6.75. The average molecular weight is 278 g/mol. The Labute approximate surface area is 121 Å². The molecular formula is C16H26N2O2. The summed E-state index contributed by atoms with van der Waals surface area (Å²) in [7, 11) is 1.71. The van der Waals surface area contributed by atoms with Crippen LogP contribution in [0.25, 0.3) is 0 Å². The highest BCUT2D eigenvalue weighted by Gasteiger charge is 2.22. The fourth-order valence-corrected chi connectivity index (χ4v) is 2.11. The van der Waals surface area contributed by atoms with Gasteiger partial charge in [-0.3, -0.25) is 4.79 Å². The van der Waals surface area contributed by atoms with E-state index < -0.39 is 5.60 Å².